The standard InChI is InChI=1S/C10H10FO2/c1-8(11)13-10-4-2-9(3-5-10)6-7-12/h2-5,8H,6H2,1H3. The number of ether oxygens (including phenoxy) is 1. The van der Waals surface area contributed by atoms with Gasteiger partial charge in [-0.1, -0.05) is 12.1 Å². The Hall–Kier alpha value is -1.38. The van der Waals surface area contributed by atoms with Crippen molar-refractivity contribution in [2.45, 2.75) is 19.7 Å². The molecule has 0 amide bonds. The molecular weight excluding hydrogens is 171 g/mol. The van der Waals surface area contributed by atoms with Gasteiger partial charge in [-0.05, 0) is 17.7 Å². The van der Waals surface area contributed by atoms with Crippen molar-refractivity contribution in [1.29, 1.82) is 0 Å². The molecule has 1 aromatic rings. The monoisotopic (exact) mass is 181 g/mol. The first-order chi connectivity index (χ1) is 6.22. The maximum Gasteiger partial charge on any atom is 0.235 e. The van der Waals surface area contributed by atoms with Crippen LogP contribution in [-0.4, -0.2) is 12.6 Å². The minimum Gasteiger partial charge on any atom is -0.461 e. The topological polar surface area (TPSA) is 26.3 Å². The molecule has 0 fully saturated rings. The third-order valence-electron chi connectivity index (χ3n) is 1.50. The van der Waals surface area contributed by atoms with Gasteiger partial charge in [0.15, 0.2) is 0 Å². The summed E-state index contributed by atoms with van der Waals surface area (Å²) in [6.07, 6.45) is 0.719. The average molecular weight is 181 g/mol. The molecule has 0 aliphatic rings. The summed E-state index contributed by atoms with van der Waals surface area (Å²) in [5.41, 5.74) is 0.842. The zero-order chi connectivity index (χ0) is 9.68. The highest BCUT2D eigenvalue weighted by Gasteiger charge is 1.99. The summed E-state index contributed by atoms with van der Waals surface area (Å²) in [4.78, 5) is 10.0. The molecule has 1 radical (unpaired) electrons. The molecule has 1 atom stereocenters. The van der Waals surface area contributed by atoms with Crippen molar-refractivity contribution < 1.29 is 13.9 Å². The SMILES string of the molecule is CC(F)Oc1ccc(C[C]=O)cc1. The van der Waals surface area contributed by atoms with Crippen molar-refractivity contribution in [2.24, 2.45) is 0 Å². The smallest absolute Gasteiger partial charge is 0.235 e. The van der Waals surface area contributed by atoms with Gasteiger partial charge in [0.25, 0.3) is 0 Å². The number of rotatable bonds is 4. The zero-order valence-corrected chi connectivity index (χ0v) is 7.29. The van der Waals surface area contributed by atoms with E-state index in [2.05, 4.69) is 0 Å². The van der Waals surface area contributed by atoms with Crippen LogP contribution in [0.5, 0.6) is 5.75 Å². The summed E-state index contributed by atoms with van der Waals surface area (Å²) >= 11 is 0. The number of hydrogen-bond donors (Lipinski definition) is 0. The van der Waals surface area contributed by atoms with E-state index < -0.39 is 6.36 Å². The van der Waals surface area contributed by atoms with Gasteiger partial charge in [0.05, 0.1) is 0 Å². The lowest BCUT2D eigenvalue weighted by Crippen LogP contribution is -2.03. The number of benzene rings is 1. The summed E-state index contributed by atoms with van der Waals surface area (Å²) in [6.45, 7) is 1.31. The Balaban J connectivity index is 2.63. The fourth-order valence-electron chi connectivity index (χ4n) is 0.957. The van der Waals surface area contributed by atoms with Crippen LogP contribution in [0.15, 0.2) is 24.3 Å². The van der Waals surface area contributed by atoms with Gasteiger partial charge in [-0.3, -0.25) is 4.79 Å². The fraction of sp³-hybridized carbons (Fsp3) is 0.300. The van der Waals surface area contributed by atoms with E-state index in [-0.39, 0.29) is 6.42 Å². The molecule has 0 spiro atoms. The van der Waals surface area contributed by atoms with Gasteiger partial charge in [0, 0.05) is 13.3 Å². The van der Waals surface area contributed by atoms with Gasteiger partial charge >= 0.3 is 0 Å². The Morgan fingerprint density at radius 3 is 2.54 bits per heavy atom. The van der Waals surface area contributed by atoms with Crippen molar-refractivity contribution in [1.82, 2.24) is 0 Å². The molecule has 1 aromatic carbocycles. The lowest BCUT2D eigenvalue weighted by molar-refractivity contribution is 0.0860. The largest absolute Gasteiger partial charge is 0.461 e. The van der Waals surface area contributed by atoms with Gasteiger partial charge in [-0.25, -0.2) is 4.39 Å². The molecule has 0 saturated carbocycles. The van der Waals surface area contributed by atoms with Crippen LogP contribution in [0, 0.1) is 0 Å². The van der Waals surface area contributed by atoms with Crippen molar-refractivity contribution in [3.63, 3.8) is 0 Å². The van der Waals surface area contributed by atoms with Crippen LogP contribution in [0.2, 0.25) is 0 Å². The number of carbonyl (C=O) groups excluding carboxylic acids is 1. The molecule has 0 saturated heterocycles. The summed E-state index contributed by atoms with van der Waals surface area (Å²) in [5.74, 6) is 0.463. The Labute approximate surface area is 76.3 Å². The lowest BCUT2D eigenvalue weighted by Gasteiger charge is -2.06. The third kappa shape index (κ3) is 3.23. The van der Waals surface area contributed by atoms with Gasteiger partial charge in [-0.15, -0.1) is 0 Å². The number of hydrogen-bond acceptors (Lipinski definition) is 2. The van der Waals surface area contributed by atoms with E-state index in [0.29, 0.717) is 5.75 Å². The van der Waals surface area contributed by atoms with Crippen molar-refractivity contribution >= 4 is 6.29 Å². The number of halogens is 1. The Morgan fingerprint density at radius 2 is 2.08 bits per heavy atom. The molecule has 13 heavy (non-hydrogen) atoms. The first-order valence-electron chi connectivity index (χ1n) is 3.97. The van der Waals surface area contributed by atoms with E-state index in [1.165, 1.54) is 6.92 Å². The van der Waals surface area contributed by atoms with E-state index >= 15 is 0 Å². The predicted molar refractivity (Wildman–Crippen MR) is 47.0 cm³/mol. The van der Waals surface area contributed by atoms with Gasteiger partial charge in [0.1, 0.15) is 5.75 Å². The summed E-state index contributed by atoms with van der Waals surface area (Å²) < 4.78 is 17.1. The van der Waals surface area contributed by atoms with E-state index in [1.807, 2.05) is 0 Å². The first kappa shape index (κ1) is 9.71. The van der Waals surface area contributed by atoms with Crippen molar-refractivity contribution in [2.75, 3.05) is 0 Å². The zero-order valence-electron chi connectivity index (χ0n) is 7.29. The normalized spacial score (nSPS) is 12.2. The van der Waals surface area contributed by atoms with Crippen molar-refractivity contribution in [3.05, 3.63) is 29.8 Å². The quantitative estimate of drug-likeness (QED) is 0.710. The van der Waals surface area contributed by atoms with Gasteiger partial charge in [0.2, 0.25) is 12.6 Å². The van der Waals surface area contributed by atoms with Gasteiger partial charge in [-0.2, -0.15) is 0 Å². The molecule has 0 aliphatic heterocycles. The minimum atomic E-state index is -1.32. The Kier molecular flexibility index (Phi) is 3.43. The highest BCUT2D eigenvalue weighted by Crippen LogP contribution is 2.13. The summed E-state index contributed by atoms with van der Waals surface area (Å²) in [5, 5.41) is 0. The third-order valence-corrected chi connectivity index (χ3v) is 1.50. The molecule has 69 valence electrons. The molecular formula is C10H10FO2. The van der Waals surface area contributed by atoms with Crippen LogP contribution in [0.4, 0.5) is 4.39 Å². The van der Waals surface area contributed by atoms with Gasteiger partial charge < -0.3 is 4.74 Å². The second kappa shape index (κ2) is 4.60. The fourth-order valence-corrected chi connectivity index (χ4v) is 0.957. The molecule has 3 heteroatoms. The average Bonchev–Trinajstić information content (AvgIpc) is 2.08. The summed E-state index contributed by atoms with van der Waals surface area (Å²) in [6, 6.07) is 6.68. The summed E-state index contributed by atoms with van der Waals surface area (Å²) in [7, 11) is 0. The van der Waals surface area contributed by atoms with Crippen LogP contribution in [0.1, 0.15) is 12.5 Å². The van der Waals surface area contributed by atoms with Crippen LogP contribution < -0.4 is 4.74 Å². The van der Waals surface area contributed by atoms with Crippen molar-refractivity contribution in [3.8, 4) is 5.75 Å². The van der Waals surface area contributed by atoms with Crippen LogP contribution in [-0.2, 0) is 11.2 Å². The highest BCUT2D eigenvalue weighted by atomic mass is 19.1. The van der Waals surface area contributed by atoms with Crippen LogP contribution in [0.3, 0.4) is 0 Å². The Morgan fingerprint density at radius 1 is 1.46 bits per heavy atom. The molecule has 0 aliphatic carbocycles. The molecule has 0 N–H and O–H groups in total. The lowest BCUT2D eigenvalue weighted by atomic mass is 10.2. The van der Waals surface area contributed by atoms with Crippen LogP contribution >= 0.6 is 0 Å². The highest BCUT2D eigenvalue weighted by molar-refractivity contribution is 5.55. The van der Waals surface area contributed by atoms with E-state index in [1.54, 1.807) is 30.6 Å². The van der Waals surface area contributed by atoms with E-state index in [0.717, 1.165) is 5.56 Å². The molecule has 2 nitrogen and oxygen atoms in total. The van der Waals surface area contributed by atoms with Crippen LogP contribution in [0.25, 0.3) is 0 Å². The molecule has 1 rings (SSSR count). The second-order valence-corrected chi connectivity index (χ2v) is 2.63. The van der Waals surface area contributed by atoms with E-state index in [9.17, 15) is 9.18 Å². The van der Waals surface area contributed by atoms with E-state index in [4.69, 9.17) is 4.74 Å². The second-order valence-electron chi connectivity index (χ2n) is 2.63. The molecule has 0 heterocycles. The predicted octanol–water partition coefficient (Wildman–Crippen LogP) is 2.03. The maximum absolute atomic E-state index is 12.4. The minimum absolute atomic E-state index is 0.255. The molecule has 1 unspecified atom stereocenters. The molecule has 0 aromatic heterocycles. The number of alkyl halides is 1. The Bertz CT molecular complexity index is 267. The maximum atomic E-state index is 12.4. The first-order valence-corrected chi connectivity index (χ1v) is 3.97. The molecule has 0 bridgehead atoms.